The summed E-state index contributed by atoms with van der Waals surface area (Å²) in [5.74, 6) is -27.7. The first-order chi connectivity index (χ1) is 10.2. The molecule has 2 aliphatic rings. The fourth-order valence-corrected chi connectivity index (χ4v) is 2.96. The fourth-order valence-electron chi connectivity index (χ4n) is 2.05. The quantitative estimate of drug-likeness (QED) is 0.694. The minimum Gasteiger partial charge on any atom is -0.336 e. The van der Waals surface area contributed by atoms with E-state index < -0.39 is 48.7 Å². The lowest BCUT2D eigenvalue weighted by atomic mass is 9.99. The lowest BCUT2D eigenvalue weighted by Gasteiger charge is -2.36. The Labute approximate surface area is 127 Å². The summed E-state index contributed by atoms with van der Waals surface area (Å²) >= 11 is 1.21. The zero-order valence-corrected chi connectivity index (χ0v) is 11.7. The molecule has 13 heteroatoms. The zero-order chi connectivity index (χ0) is 17.9. The second kappa shape index (κ2) is 5.07. The molecule has 0 aliphatic carbocycles. The number of carbonyl (C=O) groups excluding carboxylic acids is 1. The summed E-state index contributed by atoms with van der Waals surface area (Å²) in [4.78, 5) is 11.8. The molecule has 2 rings (SSSR count). The van der Waals surface area contributed by atoms with E-state index >= 15 is 0 Å². The van der Waals surface area contributed by atoms with Crippen molar-refractivity contribution in [3.05, 3.63) is 0 Å². The minimum absolute atomic E-state index is 0.102. The van der Waals surface area contributed by atoms with Crippen LogP contribution in [0.25, 0.3) is 0 Å². The maximum atomic E-state index is 13.9. The van der Waals surface area contributed by atoms with Gasteiger partial charge in [0, 0.05) is 24.6 Å². The smallest absolute Gasteiger partial charge is 0.336 e. The second-order valence-corrected chi connectivity index (χ2v) is 6.07. The third-order valence-electron chi connectivity index (χ3n) is 3.40. The third-order valence-corrected chi connectivity index (χ3v) is 4.35. The lowest BCUT2D eigenvalue weighted by molar-refractivity contribution is -0.368. The number of alkyl halides is 9. The van der Waals surface area contributed by atoms with Crippen molar-refractivity contribution in [1.29, 1.82) is 0 Å². The Morgan fingerprint density at radius 2 is 1.43 bits per heavy atom. The van der Waals surface area contributed by atoms with Crippen molar-refractivity contribution in [3.8, 4) is 0 Å². The Morgan fingerprint density at radius 1 is 0.957 bits per heavy atom. The molecule has 0 spiro atoms. The van der Waals surface area contributed by atoms with Crippen LogP contribution < -0.4 is 0 Å². The van der Waals surface area contributed by atoms with Gasteiger partial charge in [-0.25, -0.2) is 0 Å². The highest BCUT2D eigenvalue weighted by Crippen LogP contribution is 2.64. The van der Waals surface area contributed by atoms with Gasteiger partial charge in [0.2, 0.25) is 0 Å². The molecular formula is C10H8F9NO2S. The van der Waals surface area contributed by atoms with Crippen molar-refractivity contribution in [2.45, 2.75) is 29.7 Å². The van der Waals surface area contributed by atoms with E-state index in [9.17, 15) is 44.3 Å². The highest BCUT2D eigenvalue weighted by Gasteiger charge is 2.96. The molecule has 2 aliphatic heterocycles. The Bertz CT molecular complexity index is 509. The summed E-state index contributed by atoms with van der Waals surface area (Å²) in [6.07, 6.45) is -6.22. The van der Waals surface area contributed by atoms with Crippen LogP contribution in [0.5, 0.6) is 0 Å². The van der Waals surface area contributed by atoms with Crippen LogP contribution in [0.15, 0.2) is 0 Å². The maximum absolute atomic E-state index is 13.9. The number of hydrogen-bond acceptors (Lipinski definition) is 3. The number of rotatable bonds is 2. The average molecular weight is 377 g/mol. The first kappa shape index (κ1) is 18.5. The molecule has 0 radical (unpaired) electrons. The number of carbonyl (C=O) groups is 1. The third kappa shape index (κ3) is 2.22. The molecule has 0 N–H and O–H groups in total. The molecule has 0 bridgehead atoms. The van der Waals surface area contributed by atoms with E-state index in [1.807, 2.05) is 0 Å². The van der Waals surface area contributed by atoms with Crippen molar-refractivity contribution < 1.29 is 49.0 Å². The molecule has 2 saturated heterocycles. The Hall–Kier alpha value is -0.850. The normalized spacial score (nSPS) is 32.8. The molecular weight excluding hydrogens is 369 g/mol. The van der Waals surface area contributed by atoms with Crippen LogP contribution in [0.4, 0.5) is 39.5 Å². The Morgan fingerprint density at radius 3 is 1.83 bits per heavy atom. The van der Waals surface area contributed by atoms with Gasteiger partial charge in [-0.3, -0.25) is 9.53 Å². The van der Waals surface area contributed by atoms with Crippen LogP contribution in [-0.4, -0.2) is 65.1 Å². The molecule has 1 atom stereocenters. The molecule has 0 saturated carbocycles. The zero-order valence-electron chi connectivity index (χ0n) is 10.9. The van der Waals surface area contributed by atoms with Crippen molar-refractivity contribution in [2.75, 3.05) is 24.6 Å². The Kier molecular flexibility index (Phi) is 4.08. The molecule has 1 unspecified atom stereocenters. The number of nitrogens with zero attached hydrogens (tertiary/aromatic N) is 1. The highest BCUT2D eigenvalue weighted by atomic mass is 32.2. The molecule has 0 aromatic rings. The van der Waals surface area contributed by atoms with Gasteiger partial charge in [-0.15, -0.1) is 0 Å². The summed E-state index contributed by atoms with van der Waals surface area (Å²) in [7, 11) is 0. The van der Waals surface area contributed by atoms with Crippen LogP contribution in [0.1, 0.15) is 0 Å². The number of amides is 1. The fraction of sp³-hybridized carbons (Fsp3) is 0.900. The molecule has 2 fully saturated rings. The number of thioether (sulfide) groups is 1. The first-order valence-corrected chi connectivity index (χ1v) is 7.15. The summed E-state index contributed by atoms with van der Waals surface area (Å²) in [6.45, 7) is -0.818. The van der Waals surface area contributed by atoms with Crippen LogP contribution in [0.3, 0.4) is 0 Å². The second-order valence-electron chi connectivity index (χ2n) is 4.84. The van der Waals surface area contributed by atoms with E-state index in [1.165, 1.54) is 11.8 Å². The van der Waals surface area contributed by atoms with E-state index in [1.54, 1.807) is 0 Å². The van der Waals surface area contributed by atoms with Gasteiger partial charge in [-0.1, -0.05) is 0 Å². The molecule has 3 nitrogen and oxygen atoms in total. The van der Waals surface area contributed by atoms with Gasteiger partial charge in [-0.05, 0) is 0 Å². The largest absolute Gasteiger partial charge is 0.428 e. The maximum Gasteiger partial charge on any atom is 0.428 e. The van der Waals surface area contributed by atoms with Gasteiger partial charge in [0.05, 0.1) is 0 Å². The topological polar surface area (TPSA) is 29.5 Å². The van der Waals surface area contributed by atoms with Crippen molar-refractivity contribution in [2.24, 2.45) is 0 Å². The number of halogens is 9. The van der Waals surface area contributed by atoms with Crippen molar-refractivity contribution in [1.82, 2.24) is 4.90 Å². The van der Waals surface area contributed by atoms with E-state index in [4.69, 9.17) is 0 Å². The predicted molar refractivity (Wildman–Crippen MR) is 58.6 cm³/mol. The van der Waals surface area contributed by atoms with Crippen molar-refractivity contribution in [3.63, 3.8) is 0 Å². The van der Waals surface area contributed by atoms with Crippen LogP contribution in [0.2, 0.25) is 0 Å². The van der Waals surface area contributed by atoms with Gasteiger partial charge in [-0.2, -0.15) is 51.3 Å². The van der Waals surface area contributed by atoms with Gasteiger partial charge < -0.3 is 4.90 Å². The predicted octanol–water partition coefficient (Wildman–Crippen LogP) is 2.76. The van der Waals surface area contributed by atoms with E-state index in [0.717, 1.165) is 0 Å². The lowest BCUT2D eigenvalue weighted by Crippen LogP contribution is -2.65. The molecule has 0 aromatic carbocycles. The summed E-state index contributed by atoms with van der Waals surface area (Å²) in [5, 5.41) is 0. The monoisotopic (exact) mass is 377 g/mol. The Balaban J connectivity index is 2.43. The van der Waals surface area contributed by atoms with E-state index in [0.29, 0.717) is 0 Å². The SMILES string of the molecule is O=C(N1CCSCC1)C(F)(F)C1(F)OC(F)(F)C(F)(F)C1(F)F. The minimum atomic E-state index is -6.63. The average Bonchev–Trinajstić information content (AvgIpc) is 2.55. The van der Waals surface area contributed by atoms with E-state index in [-0.39, 0.29) is 16.4 Å². The number of ether oxygens (including phenoxy) is 1. The summed E-state index contributed by atoms with van der Waals surface area (Å²) in [6, 6.07) is 0. The standard InChI is InChI=1S/C10H8F9NO2S/c11-6(12,5(21)20-1-3-23-4-2-20)9(17)7(13,14)8(15,16)10(18,19)22-9/h1-4H2. The first-order valence-electron chi connectivity index (χ1n) is 6.00. The number of hydrogen-bond donors (Lipinski definition) is 0. The van der Waals surface area contributed by atoms with Gasteiger partial charge >= 0.3 is 29.7 Å². The van der Waals surface area contributed by atoms with Crippen LogP contribution in [-0.2, 0) is 9.53 Å². The van der Waals surface area contributed by atoms with Crippen molar-refractivity contribution >= 4 is 17.7 Å². The molecule has 0 aromatic heterocycles. The van der Waals surface area contributed by atoms with Gasteiger partial charge in [0.25, 0.3) is 5.91 Å². The summed E-state index contributed by atoms with van der Waals surface area (Å²) in [5.41, 5.74) is 0. The molecule has 23 heavy (non-hydrogen) atoms. The van der Waals surface area contributed by atoms with Gasteiger partial charge in [0.1, 0.15) is 0 Å². The molecule has 1 amide bonds. The highest BCUT2D eigenvalue weighted by molar-refractivity contribution is 7.99. The molecule has 2 heterocycles. The van der Waals surface area contributed by atoms with Crippen LogP contribution in [0, 0.1) is 0 Å². The van der Waals surface area contributed by atoms with Gasteiger partial charge in [0.15, 0.2) is 0 Å². The molecule has 134 valence electrons. The summed E-state index contributed by atoms with van der Waals surface area (Å²) < 4.78 is 122. The van der Waals surface area contributed by atoms with E-state index in [2.05, 4.69) is 4.74 Å². The van der Waals surface area contributed by atoms with Crippen LogP contribution >= 0.6 is 11.8 Å².